The standard InChI is InChI=1S/C11H6Cl2F3N3O2/c12-7-3-1-2-6(4-7)5-18-10(13)8(19(20)21)9(17-18)11(14,15)16/h1-4H,5H2. The van der Waals surface area contributed by atoms with Gasteiger partial charge in [-0.3, -0.25) is 10.1 Å². The number of nitro groups is 1. The summed E-state index contributed by atoms with van der Waals surface area (Å²) in [5, 5.41) is 13.6. The Morgan fingerprint density at radius 1 is 1.33 bits per heavy atom. The number of halogens is 5. The summed E-state index contributed by atoms with van der Waals surface area (Å²) in [4.78, 5) is 9.55. The zero-order valence-corrected chi connectivity index (χ0v) is 11.6. The van der Waals surface area contributed by atoms with E-state index in [1.807, 2.05) is 0 Å². The summed E-state index contributed by atoms with van der Waals surface area (Å²) in [5.74, 6) is 0. The Kier molecular flexibility index (Phi) is 4.11. The van der Waals surface area contributed by atoms with E-state index in [9.17, 15) is 23.3 Å². The van der Waals surface area contributed by atoms with Crippen LogP contribution in [0.5, 0.6) is 0 Å². The molecule has 0 unspecified atom stereocenters. The van der Waals surface area contributed by atoms with Crippen LogP contribution in [0.15, 0.2) is 24.3 Å². The van der Waals surface area contributed by atoms with Crippen molar-refractivity contribution in [3.63, 3.8) is 0 Å². The molecular formula is C11H6Cl2F3N3O2. The Bertz CT molecular complexity index is 701. The molecule has 0 aliphatic rings. The second-order valence-corrected chi connectivity index (χ2v) is 4.82. The van der Waals surface area contributed by atoms with E-state index < -0.39 is 27.6 Å². The van der Waals surface area contributed by atoms with E-state index >= 15 is 0 Å². The van der Waals surface area contributed by atoms with Crippen LogP contribution in [0.4, 0.5) is 18.9 Å². The minimum absolute atomic E-state index is 0.170. The zero-order chi connectivity index (χ0) is 15.8. The molecule has 0 saturated heterocycles. The molecule has 2 aromatic rings. The molecule has 21 heavy (non-hydrogen) atoms. The predicted octanol–water partition coefficient (Wildman–Crippen LogP) is 4.17. The van der Waals surface area contributed by atoms with Crippen LogP contribution in [0.25, 0.3) is 0 Å². The SMILES string of the molecule is O=[N+]([O-])c1c(C(F)(F)F)nn(Cc2cccc(Cl)c2)c1Cl. The molecule has 1 aromatic carbocycles. The third kappa shape index (κ3) is 3.27. The van der Waals surface area contributed by atoms with Crippen LogP contribution in [0.3, 0.4) is 0 Å². The summed E-state index contributed by atoms with van der Waals surface area (Å²) in [6, 6.07) is 6.26. The normalized spacial score (nSPS) is 11.7. The molecule has 0 amide bonds. The summed E-state index contributed by atoms with van der Waals surface area (Å²) < 4.78 is 39.0. The molecule has 0 bridgehead atoms. The van der Waals surface area contributed by atoms with Crippen molar-refractivity contribution in [2.45, 2.75) is 12.7 Å². The molecule has 0 spiro atoms. The minimum Gasteiger partial charge on any atom is -0.258 e. The largest absolute Gasteiger partial charge is 0.442 e. The van der Waals surface area contributed by atoms with Crippen molar-refractivity contribution in [3.8, 4) is 0 Å². The fourth-order valence-electron chi connectivity index (χ4n) is 1.70. The van der Waals surface area contributed by atoms with Gasteiger partial charge in [0.25, 0.3) is 0 Å². The lowest BCUT2D eigenvalue weighted by molar-refractivity contribution is -0.388. The Labute approximate surface area is 126 Å². The summed E-state index contributed by atoms with van der Waals surface area (Å²) in [6.07, 6.45) is -4.97. The van der Waals surface area contributed by atoms with Gasteiger partial charge < -0.3 is 0 Å². The maximum absolute atomic E-state index is 12.7. The van der Waals surface area contributed by atoms with E-state index in [1.54, 1.807) is 18.2 Å². The van der Waals surface area contributed by atoms with Crippen molar-refractivity contribution in [3.05, 3.63) is 55.8 Å². The van der Waals surface area contributed by atoms with E-state index in [0.717, 1.165) is 0 Å². The summed E-state index contributed by atoms with van der Waals surface area (Å²) in [6.45, 7) is -0.170. The zero-order valence-electron chi connectivity index (χ0n) is 10.1. The number of alkyl halides is 3. The van der Waals surface area contributed by atoms with Crippen LogP contribution in [0.1, 0.15) is 11.3 Å². The van der Waals surface area contributed by atoms with E-state index in [-0.39, 0.29) is 6.54 Å². The van der Waals surface area contributed by atoms with Gasteiger partial charge in [0.1, 0.15) is 0 Å². The van der Waals surface area contributed by atoms with Gasteiger partial charge >= 0.3 is 11.9 Å². The molecule has 5 nitrogen and oxygen atoms in total. The number of hydrogen-bond donors (Lipinski definition) is 0. The van der Waals surface area contributed by atoms with E-state index in [4.69, 9.17) is 23.2 Å². The molecular weight excluding hydrogens is 334 g/mol. The highest BCUT2D eigenvalue weighted by Gasteiger charge is 2.44. The van der Waals surface area contributed by atoms with Gasteiger partial charge in [0, 0.05) is 5.02 Å². The first-order valence-electron chi connectivity index (χ1n) is 5.42. The highest BCUT2D eigenvalue weighted by Crippen LogP contribution is 2.39. The maximum Gasteiger partial charge on any atom is 0.442 e. The molecule has 0 fully saturated rings. The van der Waals surface area contributed by atoms with Crippen molar-refractivity contribution < 1.29 is 18.1 Å². The molecule has 10 heteroatoms. The first-order chi connectivity index (χ1) is 9.70. The number of rotatable bonds is 3. The lowest BCUT2D eigenvalue weighted by atomic mass is 10.2. The Balaban J connectivity index is 2.48. The topological polar surface area (TPSA) is 61.0 Å². The van der Waals surface area contributed by atoms with E-state index in [0.29, 0.717) is 15.3 Å². The highest BCUT2D eigenvalue weighted by atomic mass is 35.5. The van der Waals surface area contributed by atoms with E-state index in [2.05, 4.69) is 5.10 Å². The second-order valence-electron chi connectivity index (χ2n) is 4.03. The quantitative estimate of drug-likeness (QED) is 0.622. The molecule has 0 N–H and O–H groups in total. The van der Waals surface area contributed by atoms with Crippen molar-refractivity contribution in [1.82, 2.24) is 9.78 Å². The smallest absolute Gasteiger partial charge is 0.258 e. The first-order valence-corrected chi connectivity index (χ1v) is 6.18. The van der Waals surface area contributed by atoms with Crippen molar-refractivity contribution in [1.29, 1.82) is 0 Å². The number of nitrogens with zero attached hydrogens (tertiary/aromatic N) is 3. The van der Waals surface area contributed by atoms with Crippen LogP contribution in [-0.2, 0) is 12.7 Å². The summed E-state index contributed by atoms with van der Waals surface area (Å²) >= 11 is 11.4. The van der Waals surface area contributed by atoms with E-state index in [1.165, 1.54) is 6.07 Å². The van der Waals surface area contributed by atoms with Crippen LogP contribution in [0.2, 0.25) is 10.2 Å². The minimum atomic E-state index is -4.97. The fourth-order valence-corrected chi connectivity index (χ4v) is 2.17. The molecule has 0 atom stereocenters. The average Bonchev–Trinajstić information content (AvgIpc) is 2.67. The average molecular weight is 340 g/mol. The second kappa shape index (κ2) is 5.53. The van der Waals surface area contributed by atoms with Crippen molar-refractivity contribution >= 4 is 28.9 Å². The van der Waals surface area contributed by atoms with Crippen molar-refractivity contribution in [2.24, 2.45) is 0 Å². The molecule has 2 rings (SSSR count). The lowest BCUT2D eigenvalue weighted by Gasteiger charge is -2.03. The fraction of sp³-hybridized carbons (Fsp3) is 0.182. The van der Waals surface area contributed by atoms with Gasteiger partial charge in [-0.05, 0) is 17.7 Å². The summed E-state index contributed by atoms with van der Waals surface area (Å²) in [5.41, 5.74) is -2.37. The predicted molar refractivity (Wildman–Crippen MR) is 69.4 cm³/mol. The first kappa shape index (κ1) is 15.6. The lowest BCUT2D eigenvalue weighted by Crippen LogP contribution is -2.10. The molecule has 112 valence electrons. The third-order valence-electron chi connectivity index (χ3n) is 2.54. The van der Waals surface area contributed by atoms with Gasteiger partial charge in [-0.15, -0.1) is 0 Å². The van der Waals surface area contributed by atoms with Crippen molar-refractivity contribution in [2.75, 3.05) is 0 Å². The van der Waals surface area contributed by atoms with Gasteiger partial charge in [0.15, 0.2) is 0 Å². The monoisotopic (exact) mass is 339 g/mol. The molecule has 1 heterocycles. The molecule has 1 aromatic heterocycles. The van der Waals surface area contributed by atoms with Crippen LogP contribution >= 0.6 is 23.2 Å². The van der Waals surface area contributed by atoms with Crippen LogP contribution in [0, 0.1) is 10.1 Å². The van der Waals surface area contributed by atoms with Gasteiger partial charge in [-0.2, -0.15) is 18.3 Å². The van der Waals surface area contributed by atoms with Gasteiger partial charge in [0.2, 0.25) is 10.8 Å². The Morgan fingerprint density at radius 3 is 2.48 bits per heavy atom. The van der Waals surface area contributed by atoms with Gasteiger partial charge in [-0.1, -0.05) is 35.3 Å². The number of benzene rings is 1. The van der Waals surface area contributed by atoms with Crippen LogP contribution in [-0.4, -0.2) is 14.7 Å². The molecule has 0 saturated carbocycles. The van der Waals surface area contributed by atoms with Gasteiger partial charge in [0.05, 0.1) is 11.5 Å². The molecule has 0 aliphatic heterocycles. The highest BCUT2D eigenvalue weighted by molar-refractivity contribution is 6.31. The Morgan fingerprint density at radius 2 is 2.00 bits per heavy atom. The van der Waals surface area contributed by atoms with Gasteiger partial charge in [-0.25, -0.2) is 4.68 Å². The molecule has 0 aliphatic carbocycles. The van der Waals surface area contributed by atoms with Crippen LogP contribution < -0.4 is 0 Å². The maximum atomic E-state index is 12.7. The number of hydrogen-bond acceptors (Lipinski definition) is 3. The Hall–Kier alpha value is -1.80. The molecule has 0 radical (unpaired) electrons. The third-order valence-corrected chi connectivity index (χ3v) is 3.15. The number of aromatic nitrogens is 2. The summed E-state index contributed by atoms with van der Waals surface area (Å²) in [7, 11) is 0.